The largest absolute Gasteiger partial charge is 0.348 e. The summed E-state index contributed by atoms with van der Waals surface area (Å²) in [6.45, 7) is 2.71. The number of benzene rings is 1. The van der Waals surface area contributed by atoms with Gasteiger partial charge in [-0.05, 0) is 43.9 Å². The summed E-state index contributed by atoms with van der Waals surface area (Å²) in [5.74, 6) is -0.438. The van der Waals surface area contributed by atoms with Crippen molar-refractivity contribution in [3.05, 3.63) is 29.3 Å². The Morgan fingerprint density at radius 2 is 1.88 bits per heavy atom. The molecule has 0 aliphatic carbocycles. The summed E-state index contributed by atoms with van der Waals surface area (Å²) < 4.78 is 50.4. The number of aryl methyl sites for hydroxylation is 1. The van der Waals surface area contributed by atoms with Gasteiger partial charge in [-0.3, -0.25) is 4.79 Å². The maximum absolute atomic E-state index is 12.9. The van der Waals surface area contributed by atoms with E-state index in [-0.39, 0.29) is 22.0 Å². The lowest BCUT2D eigenvalue weighted by Gasteiger charge is -2.26. The summed E-state index contributed by atoms with van der Waals surface area (Å²) in [5.41, 5.74) is 0.825. The minimum absolute atomic E-state index is 0.0659. The summed E-state index contributed by atoms with van der Waals surface area (Å²) in [6.07, 6.45) is 3.10. The minimum atomic E-state index is -3.64. The van der Waals surface area contributed by atoms with E-state index in [1.165, 1.54) is 10.4 Å². The van der Waals surface area contributed by atoms with Crippen molar-refractivity contribution in [3.63, 3.8) is 0 Å². The van der Waals surface area contributed by atoms with Crippen LogP contribution < -0.4 is 5.32 Å². The lowest BCUT2D eigenvalue weighted by molar-refractivity contribution is 0.0941. The summed E-state index contributed by atoms with van der Waals surface area (Å²) in [5, 5.41) is 2.70. The van der Waals surface area contributed by atoms with E-state index in [1.54, 1.807) is 19.1 Å². The molecule has 2 aliphatic rings. The van der Waals surface area contributed by atoms with Gasteiger partial charge in [-0.15, -0.1) is 0 Å². The van der Waals surface area contributed by atoms with E-state index < -0.39 is 31.8 Å². The van der Waals surface area contributed by atoms with Gasteiger partial charge in [0.25, 0.3) is 5.91 Å². The molecule has 2 fully saturated rings. The Balaban J connectivity index is 1.82. The molecule has 1 amide bonds. The number of piperidine rings is 1. The number of hydrogen-bond acceptors (Lipinski definition) is 5. The van der Waals surface area contributed by atoms with E-state index in [4.69, 9.17) is 0 Å². The van der Waals surface area contributed by atoms with Gasteiger partial charge in [0.05, 0.1) is 16.4 Å². The van der Waals surface area contributed by atoms with Crippen molar-refractivity contribution in [1.82, 2.24) is 9.62 Å². The number of hydrogen-bond donors (Lipinski definition) is 1. The minimum Gasteiger partial charge on any atom is -0.348 e. The smallest absolute Gasteiger partial charge is 0.251 e. The molecule has 2 saturated heterocycles. The van der Waals surface area contributed by atoms with Crippen molar-refractivity contribution in [2.24, 2.45) is 0 Å². The Morgan fingerprint density at radius 1 is 1.19 bits per heavy atom. The first-order chi connectivity index (χ1) is 12.2. The van der Waals surface area contributed by atoms with Crippen LogP contribution in [0.15, 0.2) is 23.1 Å². The predicted molar refractivity (Wildman–Crippen MR) is 98.3 cm³/mol. The van der Waals surface area contributed by atoms with E-state index in [0.717, 1.165) is 19.3 Å². The van der Waals surface area contributed by atoms with Crippen LogP contribution in [0.5, 0.6) is 0 Å². The Bertz CT molecular complexity index is 903. The van der Waals surface area contributed by atoms with Crippen molar-refractivity contribution in [2.45, 2.75) is 43.5 Å². The Kier molecular flexibility index (Phi) is 5.41. The van der Waals surface area contributed by atoms with Gasteiger partial charge in [0.15, 0.2) is 9.84 Å². The highest BCUT2D eigenvalue weighted by Crippen LogP contribution is 2.24. The summed E-state index contributed by atoms with van der Waals surface area (Å²) >= 11 is 0. The van der Waals surface area contributed by atoms with Gasteiger partial charge in [0, 0.05) is 24.7 Å². The number of sulfonamides is 1. The van der Waals surface area contributed by atoms with Crippen LogP contribution >= 0.6 is 0 Å². The molecule has 144 valence electrons. The first-order valence-electron chi connectivity index (χ1n) is 8.81. The SMILES string of the molecule is Cc1ccc(C(=O)N[C@H]2CCS(=O)(=O)C2)cc1S(=O)(=O)N1CCCCC1. The highest BCUT2D eigenvalue weighted by Gasteiger charge is 2.31. The van der Waals surface area contributed by atoms with Gasteiger partial charge in [-0.2, -0.15) is 4.31 Å². The van der Waals surface area contributed by atoms with E-state index >= 15 is 0 Å². The molecule has 0 saturated carbocycles. The first-order valence-corrected chi connectivity index (χ1v) is 12.1. The molecule has 1 aromatic carbocycles. The second kappa shape index (κ2) is 7.28. The lowest BCUT2D eigenvalue weighted by atomic mass is 10.1. The molecule has 2 aliphatic heterocycles. The number of carbonyl (C=O) groups excluding carboxylic acids is 1. The van der Waals surface area contributed by atoms with Gasteiger partial charge in [0.1, 0.15) is 0 Å². The topological polar surface area (TPSA) is 101 Å². The van der Waals surface area contributed by atoms with E-state index in [1.807, 2.05) is 0 Å². The van der Waals surface area contributed by atoms with Crippen LogP contribution in [-0.4, -0.2) is 57.7 Å². The molecular formula is C17H24N2O5S2. The Labute approximate surface area is 154 Å². The molecule has 0 spiro atoms. The third kappa shape index (κ3) is 4.10. The number of carbonyl (C=O) groups is 1. The predicted octanol–water partition coefficient (Wildman–Crippen LogP) is 1.09. The zero-order valence-corrected chi connectivity index (χ0v) is 16.4. The molecule has 7 nitrogen and oxygen atoms in total. The second-order valence-electron chi connectivity index (χ2n) is 7.02. The van der Waals surface area contributed by atoms with Crippen LogP contribution in [0.25, 0.3) is 0 Å². The van der Waals surface area contributed by atoms with Gasteiger partial charge < -0.3 is 5.32 Å². The van der Waals surface area contributed by atoms with Crippen LogP contribution in [0, 0.1) is 6.92 Å². The molecule has 1 aromatic rings. The van der Waals surface area contributed by atoms with E-state index in [0.29, 0.717) is 25.1 Å². The molecule has 1 atom stereocenters. The fourth-order valence-electron chi connectivity index (χ4n) is 3.44. The highest BCUT2D eigenvalue weighted by atomic mass is 32.2. The van der Waals surface area contributed by atoms with Crippen molar-refractivity contribution >= 4 is 25.8 Å². The van der Waals surface area contributed by atoms with Crippen LogP contribution in [-0.2, 0) is 19.9 Å². The fourth-order valence-corrected chi connectivity index (χ4v) is 6.88. The van der Waals surface area contributed by atoms with Crippen LogP contribution in [0.2, 0.25) is 0 Å². The molecule has 2 heterocycles. The molecule has 0 unspecified atom stereocenters. The molecule has 9 heteroatoms. The third-order valence-corrected chi connectivity index (χ3v) is 8.76. The second-order valence-corrected chi connectivity index (χ2v) is 11.2. The van der Waals surface area contributed by atoms with E-state index in [9.17, 15) is 21.6 Å². The van der Waals surface area contributed by atoms with Crippen LogP contribution in [0.4, 0.5) is 0 Å². The molecule has 0 bridgehead atoms. The van der Waals surface area contributed by atoms with Gasteiger partial charge in [0.2, 0.25) is 10.0 Å². The maximum atomic E-state index is 12.9. The quantitative estimate of drug-likeness (QED) is 0.815. The lowest BCUT2D eigenvalue weighted by Crippen LogP contribution is -2.37. The molecular weight excluding hydrogens is 376 g/mol. The Morgan fingerprint density at radius 3 is 2.50 bits per heavy atom. The number of sulfone groups is 1. The number of amides is 1. The first kappa shape index (κ1) is 19.3. The fraction of sp³-hybridized carbons (Fsp3) is 0.588. The number of nitrogens with zero attached hydrogens (tertiary/aromatic N) is 1. The standard InChI is InChI=1S/C17H24N2O5S2/c1-13-5-6-14(17(20)18-15-7-10-25(21,22)12-15)11-16(13)26(23,24)19-8-3-2-4-9-19/h5-6,11,15H,2-4,7-10,12H2,1H3,(H,18,20)/t15-/m0/s1. The third-order valence-electron chi connectivity index (χ3n) is 4.95. The molecule has 1 N–H and O–H groups in total. The summed E-state index contributed by atoms with van der Waals surface area (Å²) in [7, 11) is -6.73. The van der Waals surface area contributed by atoms with Crippen molar-refractivity contribution < 1.29 is 21.6 Å². The average molecular weight is 401 g/mol. The van der Waals surface area contributed by atoms with Gasteiger partial charge in [-0.25, -0.2) is 16.8 Å². The van der Waals surface area contributed by atoms with Gasteiger partial charge >= 0.3 is 0 Å². The average Bonchev–Trinajstić information content (AvgIpc) is 2.94. The molecule has 0 radical (unpaired) electrons. The summed E-state index contributed by atoms with van der Waals surface area (Å²) in [6, 6.07) is 4.18. The monoisotopic (exact) mass is 400 g/mol. The van der Waals surface area contributed by atoms with Crippen LogP contribution in [0.1, 0.15) is 41.6 Å². The van der Waals surface area contributed by atoms with E-state index in [2.05, 4.69) is 5.32 Å². The Hall–Kier alpha value is -1.45. The molecule has 0 aromatic heterocycles. The zero-order chi connectivity index (χ0) is 18.9. The van der Waals surface area contributed by atoms with Crippen molar-refractivity contribution in [3.8, 4) is 0 Å². The van der Waals surface area contributed by atoms with Crippen LogP contribution in [0.3, 0.4) is 0 Å². The molecule has 3 rings (SSSR count). The van der Waals surface area contributed by atoms with Crippen molar-refractivity contribution in [1.29, 1.82) is 0 Å². The van der Waals surface area contributed by atoms with Gasteiger partial charge in [-0.1, -0.05) is 12.5 Å². The number of nitrogens with one attached hydrogen (secondary N) is 1. The normalized spacial score (nSPS) is 23.7. The maximum Gasteiger partial charge on any atom is 0.251 e. The number of rotatable bonds is 4. The zero-order valence-electron chi connectivity index (χ0n) is 14.8. The highest BCUT2D eigenvalue weighted by molar-refractivity contribution is 7.91. The molecule has 26 heavy (non-hydrogen) atoms. The summed E-state index contributed by atoms with van der Waals surface area (Å²) in [4.78, 5) is 12.6. The van der Waals surface area contributed by atoms with Crippen molar-refractivity contribution in [2.75, 3.05) is 24.6 Å².